The van der Waals surface area contributed by atoms with Crippen LogP contribution < -0.4 is 0 Å². The fourth-order valence-corrected chi connectivity index (χ4v) is 2.45. The summed E-state index contributed by atoms with van der Waals surface area (Å²) in [5, 5.41) is 9.17. The van der Waals surface area contributed by atoms with Gasteiger partial charge in [0.15, 0.2) is 11.8 Å². The minimum atomic E-state index is -1.14. The quantitative estimate of drug-likeness (QED) is 0.936. The van der Waals surface area contributed by atoms with Crippen LogP contribution in [0.15, 0.2) is 40.8 Å². The van der Waals surface area contributed by atoms with Gasteiger partial charge in [-0.15, -0.1) is 0 Å². The van der Waals surface area contributed by atoms with Crippen LogP contribution in [-0.4, -0.2) is 47.7 Å². The highest BCUT2D eigenvalue weighted by atomic mass is 19.1. The van der Waals surface area contributed by atoms with Crippen molar-refractivity contribution in [3.05, 3.63) is 48.0 Å². The van der Waals surface area contributed by atoms with E-state index >= 15 is 0 Å². The van der Waals surface area contributed by atoms with Crippen LogP contribution in [0.4, 0.5) is 4.39 Å². The third-order valence-corrected chi connectivity index (χ3v) is 3.63. The molecule has 0 aliphatic carbocycles. The topological polar surface area (TPSA) is 80.0 Å². The van der Waals surface area contributed by atoms with Crippen LogP contribution in [0.25, 0.3) is 11.3 Å². The summed E-state index contributed by atoms with van der Waals surface area (Å²) in [6.07, 6.45) is 0. The molecular formula is C16H14FNO5. The molecule has 120 valence electrons. The van der Waals surface area contributed by atoms with Crippen LogP contribution in [0.2, 0.25) is 0 Å². The lowest BCUT2D eigenvalue weighted by Crippen LogP contribution is -2.52. The third-order valence-electron chi connectivity index (χ3n) is 3.63. The standard InChI is InChI=1S/C16H14FNO5/c17-11-4-2-1-3-10(11)13-5-6-14(23-13)15(19)18-7-8-22-9-12(18)16(20)21/h1-6,12H,7-9H2,(H,20,21)/t12-/m1/s1. The molecule has 1 saturated heterocycles. The molecule has 0 bridgehead atoms. The van der Waals surface area contributed by atoms with Crippen molar-refractivity contribution in [2.75, 3.05) is 19.8 Å². The molecule has 1 N–H and O–H groups in total. The Bertz CT molecular complexity index is 742. The van der Waals surface area contributed by atoms with Crippen LogP contribution in [0, 0.1) is 5.82 Å². The summed E-state index contributed by atoms with van der Waals surface area (Å²) < 4.78 is 24.3. The molecule has 1 aliphatic rings. The molecule has 1 aliphatic heterocycles. The second-order valence-corrected chi connectivity index (χ2v) is 5.07. The van der Waals surface area contributed by atoms with Gasteiger partial charge in [-0.05, 0) is 24.3 Å². The average molecular weight is 319 g/mol. The average Bonchev–Trinajstić information content (AvgIpc) is 3.04. The second-order valence-electron chi connectivity index (χ2n) is 5.07. The number of benzene rings is 1. The number of amides is 1. The van der Waals surface area contributed by atoms with Crippen molar-refractivity contribution in [2.24, 2.45) is 0 Å². The van der Waals surface area contributed by atoms with Gasteiger partial charge in [0.25, 0.3) is 5.91 Å². The fourth-order valence-electron chi connectivity index (χ4n) is 2.45. The molecule has 3 rings (SSSR count). The molecular weight excluding hydrogens is 305 g/mol. The van der Waals surface area contributed by atoms with E-state index in [0.717, 1.165) is 0 Å². The van der Waals surface area contributed by atoms with E-state index in [0.29, 0.717) is 0 Å². The predicted octanol–water partition coefficient (Wildman–Crippen LogP) is 2.01. The van der Waals surface area contributed by atoms with E-state index in [-0.39, 0.29) is 36.8 Å². The van der Waals surface area contributed by atoms with E-state index in [2.05, 4.69) is 0 Å². The van der Waals surface area contributed by atoms with E-state index in [1.54, 1.807) is 12.1 Å². The zero-order valence-corrected chi connectivity index (χ0v) is 12.1. The van der Waals surface area contributed by atoms with Crippen LogP contribution in [-0.2, 0) is 9.53 Å². The lowest BCUT2D eigenvalue weighted by Gasteiger charge is -2.32. The van der Waals surface area contributed by atoms with Gasteiger partial charge >= 0.3 is 5.97 Å². The molecule has 6 nitrogen and oxygen atoms in total. The molecule has 0 radical (unpaired) electrons. The first kappa shape index (κ1) is 15.2. The van der Waals surface area contributed by atoms with Crippen LogP contribution in [0.5, 0.6) is 0 Å². The summed E-state index contributed by atoms with van der Waals surface area (Å²) in [5.41, 5.74) is 0.239. The van der Waals surface area contributed by atoms with Gasteiger partial charge in [0.1, 0.15) is 11.6 Å². The van der Waals surface area contributed by atoms with Crippen LogP contribution in [0.1, 0.15) is 10.6 Å². The summed E-state index contributed by atoms with van der Waals surface area (Å²) in [7, 11) is 0. The normalized spacial score (nSPS) is 18.0. The van der Waals surface area contributed by atoms with E-state index in [1.165, 1.54) is 29.2 Å². The van der Waals surface area contributed by atoms with E-state index in [1.807, 2.05) is 0 Å². The molecule has 2 heterocycles. The van der Waals surface area contributed by atoms with E-state index in [4.69, 9.17) is 14.3 Å². The molecule has 1 aromatic carbocycles. The summed E-state index contributed by atoms with van der Waals surface area (Å²) in [5.74, 6) is -1.97. The minimum Gasteiger partial charge on any atom is -0.480 e. The zero-order valence-electron chi connectivity index (χ0n) is 12.1. The maximum Gasteiger partial charge on any atom is 0.328 e. The summed E-state index contributed by atoms with van der Waals surface area (Å²) in [6, 6.07) is 7.89. The van der Waals surface area contributed by atoms with Crippen LogP contribution in [0.3, 0.4) is 0 Å². The van der Waals surface area contributed by atoms with Gasteiger partial charge in [-0.25, -0.2) is 9.18 Å². The maximum atomic E-state index is 13.8. The first-order valence-corrected chi connectivity index (χ1v) is 7.04. The lowest BCUT2D eigenvalue weighted by molar-refractivity contribution is -0.147. The number of morpholine rings is 1. The van der Waals surface area contributed by atoms with E-state index < -0.39 is 23.7 Å². The third kappa shape index (κ3) is 2.95. The number of aliphatic carboxylic acids is 1. The summed E-state index contributed by atoms with van der Waals surface area (Å²) in [4.78, 5) is 24.9. The number of rotatable bonds is 3. The molecule has 1 atom stereocenters. The van der Waals surface area contributed by atoms with Crippen LogP contribution >= 0.6 is 0 Å². The van der Waals surface area contributed by atoms with Gasteiger partial charge < -0.3 is 19.2 Å². The lowest BCUT2D eigenvalue weighted by atomic mass is 10.1. The Hall–Kier alpha value is -2.67. The van der Waals surface area contributed by atoms with Gasteiger partial charge in [-0.3, -0.25) is 4.79 Å². The largest absolute Gasteiger partial charge is 0.480 e. The number of ether oxygens (including phenoxy) is 1. The van der Waals surface area contributed by atoms with Crippen molar-refractivity contribution < 1.29 is 28.2 Å². The van der Waals surface area contributed by atoms with Gasteiger partial charge in [0, 0.05) is 6.54 Å². The SMILES string of the molecule is O=C(O)[C@H]1COCCN1C(=O)c1ccc(-c2ccccc2F)o1. The van der Waals surface area contributed by atoms with Crippen molar-refractivity contribution in [3.63, 3.8) is 0 Å². The monoisotopic (exact) mass is 319 g/mol. The van der Waals surface area contributed by atoms with Crippen molar-refractivity contribution >= 4 is 11.9 Å². The number of carbonyl (C=O) groups is 2. The molecule has 2 aromatic rings. The molecule has 1 amide bonds. The Morgan fingerprint density at radius 2 is 2.00 bits per heavy atom. The minimum absolute atomic E-state index is 0.0311. The number of hydrogen-bond acceptors (Lipinski definition) is 4. The highest BCUT2D eigenvalue weighted by Gasteiger charge is 2.34. The summed E-state index contributed by atoms with van der Waals surface area (Å²) >= 11 is 0. The van der Waals surface area contributed by atoms with Crippen molar-refractivity contribution in [2.45, 2.75) is 6.04 Å². The highest BCUT2D eigenvalue weighted by Crippen LogP contribution is 2.26. The summed E-state index contributed by atoms with van der Waals surface area (Å²) in [6.45, 7) is 0.351. The number of nitrogens with zero attached hydrogens (tertiary/aromatic N) is 1. The Balaban J connectivity index is 1.86. The van der Waals surface area contributed by atoms with E-state index in [9.17, 15) is 14.0 Å². The zero-order chi connectivity index (χ0) is 16.4. The van der Waals surface area contributed by atoms with Crippen molar-refractivity contribution in [3.8, 4) is 11.3 Å². The predicted molar refractivity (Wildman–Crippen MR) is 77.4 cm³/mol. The fraction of sp³-hybridized carbons (Fsp3) is 0.250. The Labute approximate surface area is 131 Å². The number of carboxylic acid groups (broad SMARTS) is 1. The van der Waals surface area contributed by atoms with Gasteiger partial charge in [-0.2, -0.15) is 0 Å². The number of carboxylic acids is 1. The Morgan fingerprint density at radius 1 is 1.22 bits per heavy atom. The molecule has 23 heavy (non-hydrogen) atoms. The number of carbonyl (C=O) groups excluding carboxylic acids is 1. The molecule has 0 spiro atoms. The molecule has 7 heteroatoms. The number of halogens is 1. The molecule has 1 aromatic heterocycles. The van der Waals surface area contributed by atoms with Crippen molar-refractivity contribution in [1.29, 1.82) is 0 Å². The molecule has 1 fully saturated rings. The number of hydrogen-bond donors (Lipinski definition) is 1. The smallest absolute Gasteiger partial charge is 0.328 e. The maximum absolute atomic E-state index is 13.8. The molecule has 0 saturated carbocycles. The highest BCUT2D eigenvalue weighted by molar-refractivity contribution is 5.95. The number of furan rings is 1. The molecule has 0 unspecified atom stereocenters. The second kappa shape index (κ2) is 6.21. The Morgan fingerprint density at radius 3 is 2.74 bits per heavy atom. The first-order chi connectivity index (χ1) is 11.1. The van der Waals surface area contributed by atoms with Crippen molar-refractivity contribution in [1.82, 2.24) is 4.90 Å². The van der Waals surface area contributed by atoms with Gasteiger partial charge in [-0.1, -0.05) is 12.1 Å². The van der Waals surface area contributed by atoms with Gasteiger partial charge in [0.05, 0.1) is 18.8 Å². The first-order valence-electron chi connectivity index (χ1n) is 7.04. The van der Waals surface area contributed by atoms with Gasteiger partial charge in [0.2, 0.25) is 0 Å². The Kier molecular flexibility index (Phi) is 4.12.